The van der Waals surface area contributed by atoms with Crippen LogP contribution >= 0.6 is 0 Å². The summed E-state index contributed by atoms with van der Waals surface area (Å²) in [5.41, 5.74) is 2.29. The highest BCUT2D eigenvalue weighted by Gasteiger charge is 2.53. The van der Waals surface area contributed by atoms with Crippen molar-refractivity contribution in [3.63, 3.8) is 0 Å². The molecule has 0 aromatic heterocycles. The Bertz CT molecular complexity index is 709. The molecule has 1 aromatic rings. The van der Waals surface area contributed by atoms with Gasteiger partial charge in [0.15, 0.2) is 6.56 Å². The molecular weight excluding hydrogens is 315 g/mol. The number of likely N-dealkylation sites (tertiary alicyclic amines) is 1. The lowest BCUT2D eigenvalue weighted by Crippen LogP contribution is -2.59. The molecule has 1 saturated heterocycles. The molecule has 132 valence electrons. The smallest absolute Gasteiger partial charge is 0.422 e. The Kier molecular flexibility index (Phi) is 3.29. The van der Waals surface area contributed by atoms with Crippen LogP contribution in [-0.2, 0) is 11.8 Å². The SMILES string of the molecule is [2H]C([2H])(Oc1ccc2c(c1)[C@@]13CCCC[C@@H]1[C@H](C2)N(C)CC3)C(F)(F)F. The molecule has 1 aliphatic heterocycles. The van der Waals surface area contributed by atoms with Crippen molar-refractivity contribution < 1.29 is 20.6 Å². The van der Waals surface area contributed by atoms with Crippen LogP contribution < -0.4 is 4.74 Å². The van der Waals surface area contributed by atoms with Crippen molar-refractivity contribution in [1.82, 2.24) is 4.90 Å². The fraction of sp³-hybridized carbons (Fsp3) is 0.684. The van der Waals surface area contributed by atoms with Crippen LogP contribution in [0, 0.1) is 5.92 Å². The summed E-state index contributed by atoms with van der Waals surface area (Å²) >= 11 is 0. The first-order valence-corrected chi connectivity index (χ1v) is 8.73. The number of hydrogen-bond donors (Lipinski definition) is 0. The molecule has 0 amide bonds. The lowest BCUT2D eigenvalue weighted by Gasteiger charge is -2.58. The van der Waals surface area contributed by atoms with Gasteiger partial charge < -0.3 is 9.64 Å². The van der Waals surface area contributed by atoms with Gasteiger partial charge in [0.2, 0.25) is 0 Å². The number of halogens is 3. The van der Waals surface area contributed by atoms with Gasteiger partial charge in [-0.05, 0) is 68.5 Å². The molecule has 0 radical (unpaired) electrons. The molecule has 3 aliphatic rings. The molecule has 24 heavy (non-hydrogen) atoms. The molecule has 2 bridgehead atoms. The van der Waals surface area contributed by atoms with Gasteiger partial charge in [0.1, 0.15) is 5.75 Å². The van der Waals surface area contributed by atoms with Gasteiger partial charge in [-0.3, -0.25) is 0 Å². The number of likely N-dealkylation sites (N-methyl/N-ethyl adjacent to an activating group) is 1. The number of alkyl halides is 3. The number of rotatable bonds is 2. The Balaban J connectivity index is 1.74. The average Bonchev–Trinajstić information content (AvgIpc) is 2.57. The second-order valence-corrected chi connectivity index (χ2v) is 7.53. The van der Waals surface area contributed by atoms with Gasteiger partial charge in [-0.1, -0.05) is 18.9 Å². The first-order valence-electron chi connectivity index (χ1n) is 9.73. The highest BCUT2D eigenvalue weighted by atomic mass is 19.4. The van der Waals surface area contributed by atoms with E-state index in [2.05, 4.69) is 11.9 Å². The first-order chi connectivity index (χ1) is 12.1. The molecule has 5 heteroatoms. The van der Waals surface area contributed by atoms with Crippen LogP contribution in [0.2, 0.25) is 0 Å². The Morgan fingerprint density at radius 2 is 2.17 bits per heavy atom. The van der Waals surface area contributed by atoms with Crippen molar-refractivity contribution >= 4 is 0 Å². The molecule has 0 unspecified atom stereocenters. The van der Waals surface area contributed by atoms with Gasteiger partial charge >= 0.3 is 6.18 Å². The van der Waals surface area contributed by atoms with Gasteiger partial charge in [-0.2, -0.15) is 13.2 Å². The van der Waals surface area contributed by atoms with Crippen molar-refractivity contribution in [2.24, 2.45) is 5.92 Å². The van der Waals surface area contributed by atoms with Crippen molar-refractivity contribution in [1.29, 1.82) is 0 Å². The lowest BCUT2D eigenvalue weighted by atomic mass is 9.52. The summed E-state index contributed by atoms with van der Waals surface area (Å²) in [4.78, 5) is 2.43. The Morgan fingerprint density at radius 3 is 2.96 bits per heavy atom. The van der Waals surface area contributed by atoms with E-state index in [0.717, 1.165) is 44.2 Å². The molecule has 2 aliphatic carbocycles. The second-order valence-electron chi connectivity index (χ2n) is 7.53. The third-order valence-corrected chi connectivity index (χ3v) is 6.37. The molecule has 2 fully saturated rings. The summed E-state index contributed by atoms with van der Waals surface area (Å²) in [6.45, 7) is -2.69. The third-order valence-electron chi connectivity index (χ3n) is 6.37. The van der Waals surface area contributed by atoms with Crippen molar-refractivity contribution in [3.8, 4) is 5.75 Å². The Labute approximate surface area is 143 Å². The second kappa shape index (κ2) is 5.65. The maximum Gasteiger partial charge on any atom is 0.422 e. The number of piperidine rings is 1. The monoisotopic (exact) mass is 341 g/mol. The van der Waals surface area contributed by atoms with Crippen LogP contribution in [0.15, 0.2) is 18.2 Å². The average molecular weight is 341 g/mol. The van der Waals surface area contributed by atoms with Gasteiger partial charge in [0.25, 0.3) is 0 Å². The lowest BCUT2D eigenvalue weighted by molar-refractivity contribution is -0.153. The summed E-state index contributed by atoms with van der Waals surface area (Å²) in [5, 5.41) is 0. The quantitative estimate of drug-likeness (QED) is 0.794. The van der Waals surface area contributed by atoms with Gasteiger partial charge in [-0.15, -0.1) is 0 Å². The maximum absolute atomic E-state index is 12.9. The van der Waals surface area contributed by atoms with Gasteiger partial charge in [-0.25, -0.2) is 0 Å². The van der Waals surface area contributed by atoms with Crippen LogP contribution in [0.4, 0.5) is 13.2 Å². The third kappa shape index (κ3) is 2.61. The van der Waals surface area contributed by atoms with E-state index in [0.29, 0.717) is 12.0 Å². The van der Waals surface area contributed by atoms with Crippen molar-refractivity contribution in [3.05, 3.63) is 29.3 Å². The predicted molar refractivity (Wildman–Crippen MR) is 86.4 cm³/mol. The number of hydrogen-bond acceptors (Lipinski definition) is 2. The summed E-state index contributed by atoms with van der Waals surface area (Å²) in [5.74, 6) is 0.499. The fourth-order valence-electron chi connectivity index (χ4n) is 5.36. The van der Waals surface area contributed by atoms with E-state index in [1.54, 1.807) is 6.07 Å². The van der Waals surface area contributed by atoms with Crippen molar-refractivity contribution in [2.75, 3.05) is 20.2 Å². The fourth-order valence-corrected chi connectivity index (χ4v) is 5.36. The van der Waals surface area contributed by atoms with Gasteiger partial charge in [0, 0.05) is 11.5 Å². The topological polar surface area (TPSA) is 12.5 Å². The van der Waals surface area contributed by atoms with Gasteiger partial charge in [0.05, 0.1) is 2.74 Å². The maximum atomic E-state index is 12.9. The van der Waals surface area contributed by atoms with E-state index < -0.39 is 12.7 Å². The highest BCUT2D eigenvalue weighted by molar-refractivity contribution is 5.45. The van der Waals surface area contributed by atoms with E-state index in [4.69, 9.17) is 7.48 Å². The summed E-state index contributed by atoms with van der Waals surface area (Å²) in [7, 11) is 2.17. The molecule has 0 spiro atoms. The highest BCUT2D eigenvalue weighted by Crippen LogP contribution is 2.55. The first kappa shape index (κ1) is 14.0. The van der Waals surface area contributed by atoms with E-state index in [1.165, 1.54) is 18.1 Å². The van der Waals surface area contributed by atoms with Crippen LogP contribution in [0.3, 0.4) is 0 Å². The minimum atomic E-state index is -5.06. The molecule has 1 aromatic carbocycles. The minimum Gasteiger partial charge on any atom is -0.484 e. The Hall–Kier alpha value is -1.23. The van der Waals surface area contributed by atoms with Crippen LogP contribution in [0.5, 0.6) is 5.75 Å². The standard InChI is InChI=1S/C19H24F3NO/c1-23-9-8-18-7-3-2-4-15(18)17(23)10-13-5-6-14(11-16(13)18)24-12-19(20,21)22/h5-6,11,15,17H,2-4,7-10,12H2,1H3/t15-,17+,18-/m1/s1/i12D2. The molecule has 1 heterocycles. The number of ether oxygens (including phenoxy) is 1. The van der Waals surface area contributed by atoms with Crippen LogP contribution in [0.1, 0.15) is 46.0 Å². The summed E-state index contributed by atoms with van der Waals surface area (Å²) in [6, 6.07) is 5.51. The number of fused-ring (bicyclic) bond motifs is 1. The number of nitrogens with zero attached hydrogens (tertiary/aromatic N) is 1. The largest absolute Gasteiger partial charge is 0.484 e. The zero-order valence-electron chi connectivity index (χ0n) is 15.8. The zero-order chi connectivity index (χ0) is 18.7. The summed E-state index contributed by atoms with van der Waals surface area (Å²) < 4.78 is 57.8. The molecular formula is C19H24F3NO. The predicted octanol–water partition coefficient (Wildman–Crippen LogP) is 4.32. The van der Waals surface area contributed by atoms with Crippen LogP contribution in [0.25, 0.3) is 0 Å². The van der Waals surface area contributed by atoms with Crippen LogP contribution in [-0.4, -0.2) is 37.3 Å². The summed E-state index contributed by atoms with van der Waals surface area (Å²) in [6.07, 6.45) is 1.42. The van der Waals surface area contributed by atoms with E-state index in [9.17, 15) is 13.2 Å². The van der Waals surface area contributed by atoms with E-state index in [-0.39, 0.29) is 11.2 Å². The van der Waals surface area contributed by atoms with Crippen molar-refractivity contribution in [2.45, 2.75) is 56.2 Å². The minimum absolute atomic E-state index is 0.00727. The molecule has 4 rings (SSSR count). The normalized spacial score (nSPS) is 34.7. The molecule has 2 nitrogen and oxygen atoms in total. The molecule has 0 N–H and O–H groups in total. The van der Waals surface area contributed by atoms with E-state index in [1.807, 2.05) is 6.07 Å². The Morgan fingerprint density at radius 1 is 1.33 bits per heavy atom. The number of benzene rings is 1. The molecule has 1 saturated carbocycles. The zero-order valence-corrected chi connectivity index (χ0v) is 13.8. The molecule has 3 atom stereocenters. The van der Waals surface area contributed by atoms with E-state index >= 15 is 0 Å².